The van der Waals surface area contributed by atoms with Crippen molar-refractivity contribution >= 4 is 45.5 Å². The molecule has 4 rings (SSSR count). The van der Waals surface area contributed by atoms with Crippen molar-refractivity contribution in [3.05, 3.63) is 63.7 Å². The Balaban J connectivity index is 1.58. The predicted octanol–water partition coefficient (Wildman–Crippen LogP) is 4.34. The highest BCUT2D eigenvalue weighted by Crippen LogP contribution is 2.27. The maximum atomic E-state index is 12.3. The number of para-hydroxylation sites is 1. The fraction of sp³-hybridized carbons (Fsp3) is 0. The number of nitrogens with one attached hydrogen (secondary N) is 1. The molecule has 2 heterocycles. The number of halogens is 1. The molecule has 0 fully saturated rings. The first-order valence-electron chi connectivity index (χ1n) is 7.09. The van der Waals surface area contributed by atoms with Gasteiger partial charge in [0.05, 0.1) is 5.56 Å². The van der Waals surface area contributed by atoms with Crippen LogP contribution in [0.15, 0.2) is 63.4 Å². The maximum absolute atomic E-state index is 12.3. The average molecular weight is 431 g/mol. The molecule has 0 saturated heterocycles. The molecule has 0 aliphatic rings. The van der Waals surface area contributed by atoms with Gasteiger partial charge < -0.3 is 8.83 Å². The molecule has 1 amide bonds. The highest BCUT2D eigenvalue weighted by molar-refractivity contribution is 14.1. The second kappa shape index (κ2) is 6.08. The van der Waals surface area contributed by atoms with Crippen molar-refractivity contribution in [3.8, 4) is 11.7 Å². The molecule has 6 nitrogen and oxygen atoms in total. The molecule has 2 aromatic heterocycles. The Morgan fingerprint density at radius 2 is 1.79 bits per heavy atom. The van der Waals surface area contributed by atoms with Crippen LogP contribution in [0, 0.1) is 3.57 Å². The minimum absolute atomic E-state index is 0.0232. The van der Waals surface area contributed by atoms with Crippen LogP contribution in [0.25, 0.3) is 22.6 Å². The summed E-state index contributed by atoms with van der Waals surface area (Å²) in [5.41, 5.74) is 1.27. The molecule has 0 unspecified atom stereocenters. The molecule has 24 heavy (non-hydrogen) atoms. The molecule has 0 spiro atoms. The number of hydrogen-bond acceptors (Lipinski definition) is 5. The van der Waals surface area contributed by atoms with Crippen LogP contribution in [0.3, 0.4) is 0 Å². The molecule has 118 valence electrons. The normalized spacial score (nSPS) is 10.9. The zero-order chi connectivity index (χ0) is 16.5. The van der Waals surface area contributed by atoms with E-state index in [2.05, 4.69) is 38.1 Å². The molecule has 1 N–H and O–H groups in total. The van der Waals surface area contributed by atoms with E-state index < -0.39 is 0 Å². The Morgan fingerprint density at radius 3 is 2.62 bits per heavy atom. The predicted molar refractivity (Wildman–Crippen MR) is 96.6 cm³/mol. The van der Waals surface area contributed by atoms with Crippen LogP contribution in [0.2, 0.25) is 0 Å². The highest BCUT2D eigenvalue weighted by atomic mass is 127. The summed E-state index contributed by atoms with van der Waals surface area (Å²) in [7, 11) is 0. The lowest BCUT2D eigenvalue weighted by Crippen LogP contribution is -2.13. The molecule has 0 radical (unpaired) electrons. The van der Waals surface area contributed by atoms with Gasteiger partial charge >= 0.3 is 6.01 Å². The summed E-state index contributed by atoms with van der Waals surface area (Å²) in [6.45, 7) is 0. The summed E-state index contributed by atoms with van der Waals surface area (Å²) >= 11 is 2.10. The van der Waals surface area contributed by atoms with Gasteiger partial charge in [-0.05, 0) is 46.9 Å². The molecule has 7 heteroatoms. The molecule has 0 bridgehead atoms. The number of rotatable bonds is 3. The minimum atomic E-state index is -0.306. The summed E-state index contributed by atoms with van der Waals surface area (Å²) in [5, 5.41) is 11.3. The molecule has 0 atom stereocenters. The van der Waals surface area contributed by atoms with Gasteiger partial charge in [-0.2, -0.15) is 0 Å². The molecular formula is C17H10IN3O3. The van der Waals surface area contributed by atoms with Crippen molar-refractivity contribution in [2.45, 2.75) is 0 Å². The molecule has 0 aliphatic carbocycles. The van der Waals surface area contributed by atoms with Crippen LogP contribution in [-0.2, 0) is 0 Å². The van der Waals surface area contributed by atoms with Gasteiger partial charge in [0.15, 0.2) is 5.76 Å². The lowest BCUT2D eigenvalue weighted by molar-refractivity contribution is 0.102. The molecular weight excluding hydrogens is 421 g/mol. The zero-order valence-electron chi connectivity index (χ0n) is 12.2. The van der Waals surface area contributed by atoms with Crippen molar-refractivity contribution in [1.29, 1.82) is 0 Å². The van der Waals surface area contributed by atoms with Gasteiger partial charge in [0, 0.05) is 8.96 Å². The Morgan fingerprint density at radius 1 is 1.00 bits per heavy atom. The standard InChI is InChI=1S/C17H10IN3O3/c18-12-7-3-2-6-11(12)15(22)19-17-21-20-16(24-17)14-9-10-5-1-4-8-13(10)23-14/h1-9H,(H,19,21,22). The van der Waals surface area contributed by atoms with Gasteiger partial charge in [-0.1, -0.05) is 35.4 Å². The van der Waals surface area contributed by atoms with E-state index in [1.165, 1.54) is 0 Å². The maximum Gasteiger partial charge on any atom is 0.322 e. The highest BCUT2D eigenvalue weighted by Gasteiger charge is 2.16. The molecule has 0 aliphatic heterocycles. The van der Waals surface area contributed by atoms with Crippen LogP contribution in [0.5, 0.6) is 0 Å². The van der Waals surface area contributed by atoms with E-state index in [1.807, 2.05) is 42.5 Å². The Bertz CT molecular complexity index is 1010. The monoisotopic (exact) mass is 431 g/mol. The van der Waals surface area contributed by atoms with E-state index in [-0.39, 0.29) is 17.8 Å². The van der Waals surface area contributed by atoms with Gasteiger partial charge in [0.25, 0.3) is 11.8 Å². The Labute approximate surface area is 150 Å². The number of carbonyl (C=O) groups excluding carboxylic acids is 1. The number of anilines is 1. The van der Waals surface area contributed by atoms with E-state index in [0.717, 1.165) is 14.5 Å². The van der Waals surface area contributed by atoms with E-state index in [9.17, 15) is 4.79 Å². The van der Waals surface area contributed by atoms with E-state index in [0.29, 0.717) is 11.3 Å². The van der Waals surface area contributed by atoms with E-state index >= 15 is 0 Å². The van der Waals surface area contributed by atoms with Crippen LogP contribution in [0.4, 0.5) is 6.01 Å². The largest absolute Gasteiger partial charge is 0.451 e. The van der Waals surface area contributed by atoms with Gasteiger partial charge in [0.2, 0.25) is 0 Å². The number of benzene rings is 2. The smallest absolute Gasteiger partial charge is 0.322 e. The van der Waals surface area contributed by atoms with Crippen molar-refractivity contribution in [2.24, 2.45) is 0 Å². The van der Waals surface area contributed by atoms with Crippen molar-refractivity contribution in [3.63, 3.8) is 0 Å². The lowest BCUT2D eigenvalue weighted by Gasteiger charge is -2.02. The number of fused-ring (bicyclic) bond motifs is 1. The first-order chi connectivity index (χ1) is 11.7. The van der Waals surface area contributed by atoms with Crippen molar-refractivity contribution in [1.82, 2.24) is 10.2 Å². The quantitative estimate of drug-likeness (QED) is 0.489. The minimum Gasteiger partial charge on any atom is -0.451 e. The second-order valence-electron chi connectivity index (χ2n) is 4.99. The molecule has 4 aromatic rings. The zero-order valence-corrected chi connectivity index (χ0v) is 14.4. The first kappa shape index (κ1) is 14.9. The number of nitrogens with zero attached hydrogens (tertiary/aromatic N) is 2. The number of carbonyl (C=O) groups is 1. The number of aromatic nitrogens is 2. The number of hydrogen-bond donors (Lipinski definition) is 1. The first-order valence-corrected chi connectivity index (χ1v) is 8.17. The third kappa shape index (κ3) is 2.78. The second-order valence-corrected chi connectivity index (χ2v) is 6.16. The van der Waals surface area contributed by atoms with Gasteiger partial charge in [-0.3, -0.25) is 10.1 Å². The fourth-order valence-corrected chi connectivity index (χ4v) is 2.90. The Hall–Kier alpha value is -2.68. The van der Waals surface area contributed by atoms with Crippen LogP contribution in [0.1, 0.15) is 10.4 Å². The summed E-state index contributed by atoms with van der Waals surface area (Å²) in [6, 6.07) is 16.7. The molecule has 2 aromatic carbocycles. The van der Waals surface area contributed by atoms with E-state index in [4.69, 9.17) is 8.83 Å². The lowest BCUT2D eigenvalue weighted by atomic mass is 10.2. The SMILES string of the molecule is O=C(Nc1nnc(-c2cc3ccccc3o2)o1)c1ccccc1I. The van der Waals surface area contributed by atoms with Crippen LogP contribution < -0.4 is 5.32 Å². The van der Waals surface area contributed by atoms with Crippen LogP contribution >= 0.6 is 22.6 Å². The number of amides is 1. The number of furan rings is 1. The van der Waals surface area contributed by atoms with Crippen molar-refractivity contribution in [2.75, 3.05) is 5.32 Å². The molecule has 0 saturated carbocycles. The third-order valence-electron chi connectivity index (χ3n) is 3.40. The third-order valence-corrected chi connectivity index (χ3v) is 4.34. The van der Waals surface area contributed by atoms with Gasteiger partial charge in [-0.25, -0.2) is 0 Å². The fourth-order valence-electron chi connectivity index (χ4n) is 2.27. The summed E-state index contributed by atoms with van der Waals surface area (Å²) < 4.78 is 12.0. The summed E-state index contributed by atoms with van der Waals surface area (Å²) in [6.07, 6.45) is 0. The Kier molecular flexibility index (Phi) is 3.77. The topological polar surface area (TPSA) is 81.2 Å². The van der Waals surface area contributed by atoms with Gasteiger partial charge in [-0.15, -0.1) is 5.10 Å². The summed E-state index contributed by atoms with van der Waals surface area (Å²) in [5.74, 6) is 0.363. The average Bonchev–Trinajstić information content (AvgIpc) is 3.21. The summed E-state index contributed by atoms with van der Waals surface area (Å²) in [4.78, 5) is 12.3. The van der Waals surface area contributed by atoms with Crippen molar-refractivity contribution < 1.29 is 13.6 Å². The van der Waals surface area contributed by atoms with Gasteiger partial charge in [0.1, 0.15) is 5.58 Å². The van der Waals surface area contributed by atoms with Crippen LogP contribution in [-0.4, -0.2) is 16.1 Å². The van der Waals surface area contributed by atoms with E-state index in [1.54, 1.807) is 12.1 Å².